The third kappa shape index (κ3) is 8.50. The largest absolute Gasteiger partial charge is 0.339 e. The van der Waals surface area contributed by atoms with Crippen LogP contribution in [0.2, 0.25) is 0 Å². The van der Waals surface area contributed by atoms with Crippen LogP contribution in [0.15, 0.2) is 72.8 Å². The molecule has 3 nitrogen and oxygen atoms in total. The number of anilines is 2. The van der Waals surface area contributed by atoms with E-state index in [-0.39, 0.29) is 6.10 Å². The van der Waals surface area contributed by atoms with E-state index in [0.717, 1.165) is 35.5 Å². The second-order valence-corrected chi connectivity index (χ2v) is 17.2. The zero-order chi connectivity index (χ0) is 31.3. The fourth-order valence-corrected chi connectivity index (χ4v) is 7.68. The van der Waals surface area contributed by atoms with Gasteiger partial charge in [-0.25, -0.2) is 0 Å². The molecule has 0 aromatic heterocycles. The van der Waals surface area contributed by atoms with Gasteiger partial charge in [0.25, 0.3) is 0 Å². The molecule has 1 aliphatic rings. The number of rotatable bonds is 6. The van der Waals surface area contributed by atoms with Crippen molar-refractivity contribution < 1.29 is 18.3 Å². The molecule has 0 bridgehead atoms. The molecule has 5 rings (SSSR count). The molecule has 2 radical (unpaired) electrons. The fraction of sp³-hybridized carbons (Fsp3) is 0.297. The van der Waals surface area contributed by atoms with E-state index in [1.165, 1.54) is 44.8 Å². The van der Waals surface area contributed by atoms with Crippen LogP contribution in [-0.4, -0.2) is 23.8 Å². The molecule has 4 aromatic carbocycles. The quantitative estimate of drug-likeness (QED) is 0.186. The molecule has 6 heteroatoms. The smallest absolute Gasteiger partial charge is 0.208 e. The van der Waals surface area contributed by atoms with E-state index in [1.807, 2.05) is 48.8 Å². The summed E-state index contributed by atoms with van der Waals surface area (Å²) in [5.41, 5.74) is 13.7. The van der Waals surface area contributed by atoms with Crippen LogP contribution in [0, 0.1) is 48.2 Å². The molecule has 228 valence electrons. The Morgan fingerprint density at radius 3 is 1.65 bits per heavy atom. The summed E-state index contributed by atoms with van der Waals surface area (Å²) in [5, 5.41) is 0. The normalized spacial score (nSPS) is 13.1. The summed E-state index contributed by atoms with van der Waals surface area (Å²) in [4.78, 5) is 4.56. The van der Waals surface area contributed by atoms with E-state index < -0.39 is 13.5 Å². The first-order chi connectivity index (χ1) is 20.4. The van der Waals surface area contributed by atoms with Gasteiger partial charge in [0.2, 0.25) is 6.67 Å². The minimum atomic E-state index is -1.89. The van der Waals surface area contributed by atoms with E-state index in [9.17, 15) is 0 Å². The first kappa shape index (κ1) is 33.3. The van der Waals surface area contributed by atoms with Gasteiger partial charge in [-0.1, -0.05) is 35.4 Å². The van der Waals surface area contributed by atoms with Crippen LogP contribution >= 0.6 is 19.4 Å². The topological polar surface area (TPSA) is 15.7 Å². The van der Waals surface area contributed by atoms with Crippen molar-refractivity contribution in [2.45, 2.75) is 61.5 Å². The Hall–Kier alpha value is -2.65. The summed E-state index contributed by atoms with van der Waals surface area (Å²) >= 11 is -1.89. The summed E-state index contributed by atoms with van der Waals surface area (Å²) in [6.45, 7) is 22.7. The summed E-state index contributed by atoms with van der Waals surface area (Å²) in [6.07, 6.45) is 0.0957. The van der Waals surface area contributed by atoms with Gasteiger partial charge < -0.3 is 9.80 Å². The van der Waals surface area contributed by atoms with Crippen molar-refractivity contribution in [1.29, 1.82) is 0 Å². The molecule has 1 saturated heterocycles. The third-order valence-electron chi connectivity index (χ3n) is 7.27. The zero-order valence-electron chi connectivity index (χ0n) is 26.4. The number of hydrogen-bond donors (Lipinski definition) is 0. The molecule has 0 saturated carbocycles. The van der Waals surface area contributed by atoms with Crippen LogP contribution in [0.25, 0.3) is 11.1 Å². The molecule has 0 atom stereocenters. The number of ether oxygens (including phenoxy) is 1. The van der Waals surface area contributed by atoms with Crippen molar-refractivity contribution in [2.75, 3.05) is 22.9 Å². The molecule has 0 N–H and O–H groups in total. The van der Waals surface area contributed by atoms with Crippen LogP contribution in [0.4, 0.5) is 11.4 Å². The first-order valence-electron chi connectivity index (χ1n) is 14.6. The van der Waals surface area contributed by atoms with Crippen molar-refractivity contribution in [3.63, 3.8) is 0 Å². The van der Waals surface area contributed by atoms with E-state index in [2.05, 4.69) is 100 Å². The van der Waals surface area contributed by atoms with Crippen LogP contribution in [0.5, 0.6) is 5.75 Å². The second kappa shape index (κ2) is 14.9. The Balaban J connectivity index is 0.000000199. The molecule has 1 aliphatic heterocycles. The number of aryl methyl sites for hydroxylation is 6. The van der Waals surface area contributed by atoms with E-state index in [0.29, 0.717) is 0 Å². The molecule has 0 amide bonds. The number of para-hydroxylation sites is 1. The number of hydrogen-bond acceptors (Lipinski definition) is 3. The summed E-state index contributed by atoms with van der Waals surface area (Å²) < 4.78 is 7.93. The maximum Gasteiger partial charge on any atom is 0.208 e. The first-order valence-corrected chi connectivity index (χ1v) is 20.1. The molecule has 4 aromatic rings. The van der Waals surface area contributed by atoms with Gasteiger partial charge >= 0.3 is 133 Å². The Morgan fingerprint density at radius 2 is 1.21 bits per heavy atom. The maximum absolute atomic E-state index is 6.02. The fourth-order valence-electron chi connectivity index (χ4n) is 5.90. The Labute approximate surface area is 271 Å². The second-order valence-electron chi connectivity index (χ2n) is 11.5. The minimum absolute atomic E-state index is 0.0957. The summed E-state index contributed by atoms with van der Waals surface area (Å²) in [6, 6.07) is 25.3. The van der Waals surface area contributed by atoms with Gasteiger partial charge in [-0.2, -0.15) is 0 Å². The Bertz CT molecular complexity index is 1490. The van der Waals surface area contributed by atoms with E-state index in [4.69, 9.17) is 24.1 Å². The third-order valence-corrected chi connectivity index (χ3v) is 9.10. The van der Waals surface area contributed by atoms with Crippen LogP contribution in [0.3, 0.4) is 0 Å². The molecule has 0 aliphatic carbocycles. The predicted molar refractivity (Wildman–Crippen MR) is 184 cm³/mol. The van der Waals surface area contributed by atoms with Crippen molar-refractivity contribution in [2.24, 2.45) is 0 Å². The van der Waals surface area contributed by atoms with Crippen molar-refractivity contribution in [1.82, 2.24) is 0 Å². The van der Waals surface area contributed by atoms with Crippen molar-refractivity contribution >= 4 is 35.4 Å². The van der Waals surface area contributed by atoms with Gasteiger partial charge in [-0.05, 0) is 63.8 Å². The predicted octanol–water partition coefficient (Wildman–Crippen LogP) is 10.1. The van der Waals surface area contributed by atoms with E-state index >= 15 is 0 Å². The van der Waals surface area contributed by atoms with Crippen LogP contribution < -0.4 is 14.5 Å². The number of nitrogens with zero attached hydrogens (tertiary/aromatic N) is 2. The Kier molecular flexibility index (Phi) is 11.5. The molecular weight excluding hydrogens is 660 g/mol. The molecule has 1 heterocycles. The van der Waals surface area contributed by atoms with Crippen LogP contribution in [0.1, 0.15) is 52.8 Å². The maximum atomic E-state index is 6.02. The molecule has 0 spiro atoms. The monoisotopic (exact) mass is 702 g/mol. The molecular formula is C37H42Cl2N2ORu. The average molecular weight is 703 g/mol. The summed E-state index contributed by atoms with van der Waals surface area (Å²) in [5.74, 6) is 0.855. The minimum Gasteiger partial charge on any atom is -0.339 e. The Morgan fingerprint density at radius 1 is 0.721 bits per heavy atom. The number of benzene rings is 4. The van der Waals surface area contributed by atoms with Gasteiger partial charge in [0.1, 0.15) is 0 Å². The van der Waals surface area contributed by atoms with Gasteiger partial charge in [-0.3, -0.25) is 0 Å². The van der Waals surface area contributed by atoms with E-state index in [1.54, 1.807) is 0 Å². The standard InChI is InChI=1S/C21H26N2.C16H16O.2ClH.Ru/c1-14-9-16(3)20(17(4)10-14)22-7-8-23(13-22)21-18(5)11-15(2)12-19(21)6;1-12(2)17-16-13(3)8-7-11-15(16)14-9-5-4-6-10-14;;;/h9-12H,7-8H2,1-6H3;3-12H,1-2H3;2*1H;/q;;;;+2/p-2. The van der Waals surface area contributed by atoms with Crippen molar-refractivity contribution in [3.05, 3.63) is 118 Å². The number of halogens is 2. The summed E-state index contributed by atoms with van der Waals surface area (Å²) in [7, 11) is 12.0. The molecule has 43 heavy (non-hydrogen) atoms. The van der Waals surface area contributed by atoms with Gasteiger partial charge in [-0.15, -0.1) is 0 Å². The van der Waals surface area contributed by atoms with Crippen molar-refractivity contribution in [3.8, 4) is 16.9 Å². The van der Waals surface area contributed by atoms with Crippen LogP contribution in [-0.2, 0) is 13.5 Å². The average Bonchev–Trinajstić information content (AvgIpc) is 3.37. The van der Waals surface area contributed by atoms with Gasteiger partial charge in [0.05, 0.1) is 0 Å². The molecule has 0 unspecified atom stereocenters. The molecule has 1 fully saturated rings. The van der Waals surface area contributed by atoms with Gasteiger partial charge in [0, 0.05) is 24.5 Å². The zero-order valence-corrected chi connectivity index (χ0v) is 29.7. The van der Waals surface area contributed by atoms with Gasteiger partial charge in [0.15, 0.2) is 0 Å². The SMILES string of the molecule is CC(C)Oc1c([CH]=[Ru]([Cl])[Cl])cccc1-c1ccccc1.Cc1cc(C)c(N2[C]N(c3c(C)cc(C)cc3C)CC2)c(C)c1.